The quantitative estimate of drug-likeness (QED) is 0.747. The number of likely N-dealkylation sites (N-methyl/N-ethyl adjacent to an activating group) is 1. The minimum Gasteiger partial charge on any atom is -0.497 e. The Balaban J connectivity index is 2.26. The lowest BCUT2D eigenvalue weighted by atomic mass is 9.99. The summed E-state index contributed by atoms with van der Waals surface area (Å²) in [5.74, 6) is 0.887. The van der Waals surface area contributed by atoms with Crippen molar-refractivity contribution >= 4 is 34.2 Å². The molecule has 2 rings (SSSR count). The Morgan fingerprint density at radius 3 is 2.75 bits per heavy atom. The molecule has 0 saturated carbocycles. The van der Waals surface area contributed by atoms with Gasteiger partial charge in [0.2, 0.25) is 0 Å². The fraction of sp³-hybridized carbons (Fsp3) is 0.250. The van der Waals surface area contributed by atoms with Crippen LogP contribution in [0, 0.1) is 3.57 Å². The van der Waals surface area contributed by atoms with Crippen molar-refractivity contribution in [3.8, 4) is 5.75 Å². The first kappa shape index (κ1) is 15.6. The fourth-order valence-electron chi connectivity index (χ4n) is 2.18. The van der Waals surface area contributed by atoms with E-state index >= 15 is 0 Å². The van der Waals surface area contributed by atoms with Crippen LogP contribution in [0.4, 0.5) is 0 Å². The number of ether oxygens (including phenoxy) is 1. The van der Waals surface area contributed by atoms with Gasteiger partial charge in [0, 0.05) is 14.6 Å². The molecule has 0 fully saturated rings. The molecule has 0 aliphatic rings. The smallest absolute Gasteiger partial charge is 0.119 e. The Labute approximate surface area is 138 Å². The number of halogens is 2. The van der Waals surface area contributed by atoms with Crippen LogP contribution in [0.3, 0.4) is 0 Å². The van der Waals surface area contributed by atoms with Gasteiger partial charge in [-0.3, -0.25) is 0 Å². The summed E-state index contributed by atoms with van der Waals surface area (Å²) in [6.07, 6.45) is 0.893. The lowest BCUT2D eigenvalue weighted by Gasteiger charge is -2.19. The number of methoxy groups -OCH3 is 1. The number of benzene rings is 2. The third kappa shape index (κ3) is 3.87. The Bertz CT molecular complexity index is 588. The molecule has 0 aromatic heterocycles. The summed E-state index contributed by atoms with van der Waals surface area (Å²) in [6, 6.07) is 14.4. The first-order valence-corrected chi connectivity index (χ1v) is 7.85. The van der Waals surface area contributed by atoms with E-state index in [1.54, 1.807) is 7.11 Å². The topological polar surface area (TPSA) is 21.3 Å². The Kier molecular flexibility index (Phi) is 5.69. The molecule has 1 unspecified atom stereocenters. The molecule has 1 atom stereocenters. The summed E-state index contributed by atoms with van der Waals surface area (Å²) < 4.78 is 6.49. The molecule has 2 aromatic rings. The van der Waals surface area contributed by atoms with E-state index in [9.17, 15) is 0 Å². The highest BCUT2D eigenvalue weighted by Gasteiger charge is 2.14. The van der Waals surface area contributed by atoms with Crippen LogP contribution in [0.1, 0.15) is 17.2 Å². The third-order valence-corrected chi connectivity index (χ3v) is 4.47. The molecule has 4 heteroatoms. The van der Waals surface area contributed by atoms with Crippen LogP contribution in [0.2, 0.25) is 5.02 Å². The van der Waals surface area contributed by atoms with Gasteiger partial charge >= 0.3 is 0 Å². The zero-order chi connectivity index (χ0) is 14.5. The van der Waals surface area contributed by atoms with Gasteiger partial charge in [-0.25, -0.2) is 0 Å². The molecule has 106 valence electrons. The molecule has 0 bridgehead atoms. The highest BCUT2D eigenvalue weighted by Crippen LogP contribution is 2.27. The second kappa shape index (κ2) is 7.29. The van der Waals surface area contributed by atoms with Gasteiger partial charge in [0.1, 0.15) is 5.75 Å². The van der Waals surface area contributed by atoms with Gasteiger partial charge in [-0.15, -0.1) is 0 Å². The van der Waals surface area contributed by atoms with E-state index in [2.05, 4.69) is 40.0 Å². The zero-order valence-corrected chi connectivity index (χ0v) is 14.4. The number of hydrogen-bond donors (Lipinski definition) is 1. The van der Waals surface area contributed by atoms with E-state index in [4.69, 9.17) is 16.3 Å². The third-order valence-electron chi connectivity index (χ3n) is 3.26. The van der Waals surface area contributed by atoms with Crippen LogP contribution in [0.5, 0.6) is 5.75 Å². The molecule has 0 saturated heterocycles. The van der Waals surface area contributed by atoms with Gasteiger partial charge in [-0.2, -0.15) is 0 Å². The van der Waals surface area contributed by atoms with Gasteiger partial charge in [0.05, 0.1) is 7.11 Å². The van der Waals surface area contributed by atoms with Crippen LogP contribution >= 0.6 is 34.2 Å². The molecule has 0 amide bonds. The maximum atomic E-state index is 6.12. The van der Waals surface area contributed by atoms with Crippen molar-refractivity contribution in [2.45, 2.75) is 12.5 Å². The van der Waals surface area contributed by atoms with E-state index in [1.807, 2.05) is 37.4 Å². The first-order valence-electron chi connectivity index (χ1n) is 6.39. The Morgan fingerprint density at radius 1 is 1.25 bits per heavy atom. The Hall–Kier alpha value is -0.780. The molecular weight excluding hydrogens is 385 g/mol. The van der Waals surface area contributed by atoms with Crippen molar-refractivity contribution in [2.75, 3.05) is 14.2 Å². The van der Waals surface area contributed by atoms with Crippen LogP contribution in [0.25, 0.3) is 0 Å². The molecule has 20 heavy (non-hydrogen) atoms. The van der Waals surface area contributed by atoms with E-state index in [0.717, 1.165) is 17.2 Å². The van der Waals surface area contributed by atoms with Gasteiger partial charge in [0.25, 0.3) is 0 Å². The molecule has 2 aromatic carbocycles. The fourth-order valence-corrected chi connectivity index (χ4v) is 3.08. The summed E-state index contributed by atoms with van der Waals surface area (Å²) in [6.45, 7) is 0. The monoisotopic (exact) mass is 401 g/mol. The molecule has 0 radical (unpaired) electrons. The second-order valence-electron chi connectivity index (χ2n) is 4.56. The van der Waals surface area contributed by atoms with E-state index < -0.39 is 0 Å². The normalized spacial score (nSPS) is 12.2. The van der Waals surface area contributed by atoms with Crippen molar-refractivity contribution < 1.29 is 4.74 Å². The summed E-state index contributed by atoms with van der Waals surface area (Å²) in [5.41, 5.74) is 2.46. The molecule has 0 heterocycles. The van der Waals surface area contributed by atoms with Crippen molar-refractivity contribution in [1.82, 2.24) is 5.32 Å². The van der Waals surface area contributed by atoms with E-state index in [0.29, 0.717) is 0 Å². The molecular formula is C16H17ClINO. The SMILES string of the molecule is CNC(Cc1cccc(OC)c1)c1cc(Cl)ccc1I. The minimum atomic E-state index is 0.229. The Morgan fingerprint density at radius 2 is 2.05 bits per heavy atom. The summed E-state index contributed by atoms with van der Waals surface area (Å²) in [7, 11) is 3.66. The second-order valence-corrected chi connectivity index (χ2v) is 6.16. The molecule has 2 nitrogen and oxygen atoms in total. The zero-order valence-electron chi connectivity index (χ0n) is 11.5. The van der Waals surface area contributed by atoms with Crippen LogP contribution < -0.4 is 10.1 Å². The minimum absolute atomic E-state index is 0.229. The maximum absolute atomic E-state index is 6.12. The van der Waals surface area contributed by atoms with Crippen molar-refractivity contribution in [3.63, 3.8) is 0 Å². The van der Waals surface area contributed by atoms with Crippen LogP contribution in [-0.2, 0) is 6.42 Å². The van der Waals surface area contributed by atoms with E-state index in [-0.39, 0.29) is 6.04 Å². The lowest BCUT2D eigenvalue weighted by molar-refractivity contribution is 0.414. The number of nitrogens with one attached hydrogen (secondary N) is 1. The molecule has 1 N–H and O–H groups in total. The highest BCUT2D eigenvalue weighted by molar-refractivity contribution is 14.1. The molecule has 0 spiro atoms. The number of rotatable bonds is 5. The maximum Gasteiger partial charge on any atom is 0.119 e. The predicted molar refractivity (Wildman–Crippen MR) is 92.7 cm³/mol. The molecule has 0 aliphatic heterocycles. The first-order chi connectivity index (χ1) is 9.63. The van der Waals surface area contributed by atoms with Gasteiger partial charge < -0.3 is 10.1 Å². The van der Waals surface area contributed by atoms with E-state index in [1.165, 1.54) is 14.7 Å². The van der Waals surface area contributed by atoms with Crippen molar-refractivity contribution in [2.24, 2.45) is 0 Å². The van der Waals surface area contributed by atoms with Crippen molar-refractivity contribution in [1.29, 1.82) is 0 Å². The summed E-state index contributed by atoms with van der Waals surface area (Å²) in [5, 5.41) is 4.14. The van der Waals surface area contributed by atoms with Crippen LogP contribution in [-0.4, -0.2) is 14.2 Å². The summed E-state index contributed by atoms with van der Waals surface area (Å²) in [4.78, 5) is 0. The van der Waals surface area contributed by atoms with Gasteiger partial charge in [-0.1, -0.05) is 23.7 Å². The van der Waals surface area contributed by atoms with Crippen LogP contribution in [0.15, 0.2) is 42.5 Å². The average Bonchev–Trinajstić information content (AvgIpc) is 2.47. The lowest BCUT2D eigenvalue weighted by Crippen LogP contribution is -2.20. The average molecular weight is 402 g/mol. The summed E-state index contributed by atoms with van der Waals surface area (Å²) >= 11 is 8.47. The van der Waals surface area contributed by atoms with Gasteiger partial charge in [-0.05, 0) is 77.5 Å². The van der Waals surface area contributed by atoms with Gasteiger partial charge in [0.15, 0.2) is 0 Å². The highest BCUT2D eigenvalue weighted by atomic mass is 127. The number of hydrogen-bond acceptors (Lipinski definition) is 2. The standard InChI is InChI=1S/C16H17ClINO/c1-19-16(14-10-12(17)6-7-15(14)18)9-11-4-3-5-13(8-11)20-2/h3-8,10,16,19H,9H2,1-2H3. The van der Waals surface area contributed by atoms with Crippen molar-refractivity contribution in [3.05, 3.63) is 62.2 Å². The predicted octanol–water partition coefficient (Wildman–Crippen LogP) is 4.46. The molecule has 0 aliphatic carbocycles. The largest absolute Gasteiger partial charge is 0.497 e.